The van der Waals surface area contributed by atoms with E-state index in [9.17, 15) is 23.6 Å². The van der Waals surface area contributed by atoms with Gasteiger partial charge in [0, 0.05) is 180 Å². The van der Waals surface area contributed by atoms with E-state index in [1.807, 2.05) is 74.7 Å². The Morgan fingerprint density at radius 2 is 0.910 bits per heavy atom. The maximum atomic E-state index is 12.0. The number of nitriles is 2. The number of carbonyl (C=O) groups is 3. The summed E-state index contributed by atoms with van der Waals surface area (Å²) in [7, 11) is 0. The number of ketones is 1. The molecule has 0 spiro atoms. The lowest BCUT2D eigenvalue weighted by Crippen LogP contribution is -2.39. The largest absolute Gasteiger partial charge is 0.466 e. The van der Waals surface area contributed by atoms with Gasteiger partial charge in [0.1, 0.15) is 57.2 Å². The second-order valence-electron chi connectivity index (χ2n) is 33.4. The number of carbonyl (C=O) groups excluding carboxylic acids is 3. The van der Waals surface area contributed by atoms with Crippen LogP contribution in [0.3, 0.4) is 0 Å². The van der Waals surface area contributed by atoms with Crippen molar-refractivity contribution in [2.45, 2.75) is 201 Å². The number of anilines is 5. The number of nitrogens with zero attached hydrogens (tertiary/aromatic N) is 13. The van der Waals surface area contributed by atoms with Gasteiger partial charge >= 0.3 is 5.97 Å². The fraction of sp³-hybridized carbons (Fsp3) is 0.439. The molecule has 33 nitrogen and oxygen atoms in total. The van der Waals surface area contributed by atoms with E-state index < -0.39 is 11.9 Å². The predicted octanol–water partition coefficient (Wildman–Crippen LogP) is 19.2. The lowest BCUT2D eigenvalue weighted by atomic mass is 10.1. The van der Waals surface area contributed by atoms with Gasteiger partial charge in [0.05, 0.1) is 71.1 Å². The topological polar surface area (TPSA) is 439 Å². The number of nitrogens with one attached hydrogen (secondary N) is 4. The number of aromatic amines is 1. The summed E-state index contributed by atoms with van der Waals surface area (Å²) in [6, 6.07) is 47.8. The monoisotopic (exact) mass is 1880 g/mol. The molecule has 8 aromatic heterocycles. The van der Waals surface area contributed by atoms with Crippen LogP contribution in [0.2, 0.25) is 10.3 Å². The summed E-state index contributed by atoms with van der Waals surface area (Å²) in [5, 5.41) is 42.0. The van der Waals surface area contributed by atoms with Gasteiger partial charge in [-0.25, -0.2) is 43.1 Å². The molecule has 5 saturated heterocycles. The van der Waals surface area contributed by atoms with Gasteiger partial charge in [-0.1, -0.05) is 111 Å². The van der Waals surface area contributed by atoms with Crippen molar-refractivity contribution < 1.29 is 61.4 Å². The number of nitrogens with two attached hydrogens (primary N) is 3. The molecule has 5 aliphatic heterocycles. The molecule has 5 aliphatic rings. The van der Waals surface area contributed by atoms with Crippen LogP contribution in [0, 0.1) is 34.4 Å². The fourth-order valence-electron chi connectivity index (χ4n) is 13.8. The van der Waals surface area contributed by atoms with Crippen LogP contribution in [0.1, 0.15) is 239 Å². The van der Waals surface area contributed by atoms with Crippen LogP contribution in [-0.4, -0.2) is 155 Å². The van der Waals surface area contributed by atoms with Crippen molar-refractivity contribution in [1.82, 2.24) is 64.5 Å². The Balaban J connectivity index is 0.000000181. The van der Waals surface area contributed by atoms with Crippen LogP contribution >= 0.6 is 23.2 Å². The Morgan fingerprint density at radius 1 is 0.507 bits per heavy atom. The van der Waals surface area contributed by atoms with E-state index in [-0.39, 0.29) is 46.7 Å². The number of Topliss-reactive ketones (excluding diaryl/α,β-unsaturated/α-hetero) is 1. The van der Waals surface area contributed by atoms with Gasteiger partial charge in [-0.2, -0.15) is 25.8 Å². The predicted molar refractivity (Wildman–Crippen MR) is 512 cm³/mol. The number of H-pyrrole nitrogens is 1. The van der Waals surface area contributed by atoms with E-state index in [0.717, 1.165) is 182 Å². The number of esters is 1. The van der Waals surface area contributed by atoms with Crippen molar-refractivity contribution in [1.29, 1.82) is 10.5 Å². The first-order chi connectivity index (χ1) is 64.5. The molecule has 16 rings (SSSR count). The summed E-state index contributed by atoms with van der Waals surface area (Å²) in [6.45, 7) is 30.2. The van der Waals surface area contributed by atoms with Crippen LogP contribution in [0.25, 0.3) is 0 Å². The maximum Gasteiger partial charge on any atom is 0.313 e. The molecule has 0 bridgehead atoms. The second kappa shape index (κ2) is 55.3. The van der Waals surface area contributed by atoms with Crippen LogP contribution in [0.4, 0.5) is 33.1 Å². The highest BCUT2D eigenvalue weighted by Gasteiger charge is 2.28. The Bertz CT molecular complexity index is 5580. The Morgan fingerprint density at radius 3 is 1.28 bits per heavy atom. The average molecular weight is 1880 g/mol. The molecule has 11 aromatic rings. The van der Waals surface area contributed by atoms with Gasteiger partial charge < -0.3 is 64.7 Å². The fourth-order valence-corrected chi connectivity index (χ4v) is 14.1. The molecule has 13 heterocycles. The van der Waals surface area contributed by atoms with Crippen molar-refractivity contribution in [3.05, 3.63) is 236 Å². The van der Waals surface area contributed by atoms with Gasteiger partial charge in [-0.05, 0) is 174 Å². The number of halogens is 3. The van der Waals surface area contributed by atoms with Crippen molar-refractivity contribution >= 4 is 69.6 Å². The SMILES string of the molecule is CC(C)c1cc(=O)n(C2CCOCC2)[nH]1.CC(C)c1cc(Oc2ccnc(Cl)c2)n(C2CCOCC2)n1.CC(C)c1cc(Oc2ccnc(Nc3cccc(C#N)c3)c2)n(C2CCOCC2)n1.CC(C)c1cc(Oc2ccnc(Nc3cccc(C(N)=O)c3)c2)n(C2CCOCC2)n1.CCOC(=O)CC(=O)C(C)C.Fc1ccnc(Cl)c1.N#Cc1cccc(N)c1.NNC1CCOCC1. The summed E-state index contributed by atoms with van der Waals surface area (Å²) in [5.74, 6) is 10.6. The lowest BCUT2D eigenvalue weighted by molar-refractivity contribution is -0.146. The van der Waals surface area contributed by atoms with Crippen LogP contribution in [-0.2, 0) is 38.0 Å². The first-order valence-corrected chi connectivity index (χ1v) is 46.0. The minimum absolute atomic E-state index is 0.0662. The number of nitrogen functional groups attached to an aromatic ring is 1. The minimum Gasteiger partial charge on any atom is -0.466 e. The van der Waals surface area contributed by atoms with Gasteiger partial charge in [0.15, 0.2) is 0 Å². The number of primary amides is 1. The smallest absolute Gasteiger partial charge is 0.313 e. The van der Waals surface area contributed by atoms with Crippen molar-refractivity contribution in [3.8, 4) is 47.0 Å². The van der Waals surface area contributed by atoms with E-state index in [2.05, 4.69) is 107 Å². The standard InChI is InChI=1S/C23H27N5O3.C23H25N5O2.C16H20ClN3O2.C11H18N2O2.C8H14O3.C7H6N2.C5H3ClFN.C5H12N2O/c1-15(2)20-14-22(28(27-20)18-7-10-30-11-8-18)31-19-6-9-25-21(13-19)26-17-5-3-4-16(12-17)23(24)29;1-16(2)21-14-23(28(27-21)19-7-10-29-11-8-19)30-20-6-9-25-22(13-20)26-18-5-3-4-17(12-18)15-24;1-11(2)14-10-16(22-13-3-6-18-15(17)9-13)20(19-14)12-4-7-21-8-5-12;1-8(2)10-7-11(14)13(12-10)9-3-5-15-6-4-9;1-4-11-8(10)5-7(9)6(2)3;8-5-6-2-1-3-7(9)4-6;6-5-3-4(7)1-2-8-5;6-7-5-1-3-8-4-2-5/h3-6,9,12-15,18H,7-8,10-11H2,1-2H3,(H2,24,29)(H,25,26);3-6,9,12-14,16,19H,7-8,10-11H2,1-2H3,(H,25,26);3,6,9-12H,4-5,7-8H2,1-2H3;7-9,12H,3-6H2,1-2H3;6H,4-5H2,1-3H3;1-4H,9H2;1-3H;5,7H,1-4,6H2. The third kappa shape index (κ3) is 35.2. The molecule has 1 amide bonds. The number of amides is 1. The molecular formula is C98H125Cl2FN20O13. The molecule has 716 valence electrons. The molecule has 0 aliphatic carbocycles. The first kappa shape index (κ1) is 105. The molecule has 36 heteroatoms. The molecule has 0 unspecified atom stereocenters. The summed E-state index contributed by atoms with van der Waals surface area (Å²) in [4.78, 5) is 61.0. The lowest BCUT2D eigenvalue weighted by Gasteiger charge is -2.24. The van der Waals surface area contributed by atoms with Gasteiger partial charge in [-0.15, -0.1) is 0 Å². The van der Waals surface area contributed by atoms with Crippen LogP contribution in [0.5, 0.6) is 34.9 Å². The summed E-state index contributed by atoms with van der Waals surface area (Å²) >= 11 is 11.2. The summed E-state index contributed by atoms with van der Waals surface area (Å²) in [6.07, 6.45) is 15.8. The van der Waals surface area contributed by atoms with E-state index in [4.69, 9.17) is 104 Å². The molecule has 0 atom stereocenters. The molecule has 134 heavy (non-hydrogen) atoms. The second-order valence-corrected chi connectivity index (χ2v) is 34.2. The molecule has 5 fully saturated rings. The van der Waals surface area contributed by atoms with Crippen LogP contribution < -0.4 is 53.1 Å². The number of aromatic nitrogens is 12. The number of hydrazine groups is 1. The number of pyridine rings is 4. The molecule has 3 aromatic carbocycles. The van der Waals surface area contributed by atoms with Gasteiger partial charge in [0.2, 0.25) is 23.5 Å². The molecule has 10 N–H and O–H groups in total. The minimum atomic E-state index is -0.476. The first-order valence-electron chi connectivity index (χ1n) is 45.2. The number of hydrogen-bond donors (Lipinski definition) is 7. The highest BCUT2D eigenvalue weighted by Crippen LogP contribution is 2.37. The molecular weight excluding hydrogens is 1760 g/mol. The van der Waals surface area contributed by atoms with E-state index >= 15 is 0 Å². The zero-order chi connectivity index (χ0) is 96.4. The maximum absolute atomic E-state index is 12.0. The highest BCUT2D eigenvalue weighted by molar-refractivity contribution is 6.29. The summed E-state index contributed by atoms with van der Waals surface area (Å²) < 4.78 is 69.7. The number of hydrogen-bond acceptors (Lipinski definition) is 27. The van der Waals surface area contributed by atoms with Crippen molar-refractivity contribution in [3.63, 3.8) is 0 Å². The Kier molecular flexibility index (Phi) is 43.4. The highest BCUT2D eigenvalue weighted by atomic mass is 35.5. The zero-order valence-electron chi connectivity index (χ0n) is 78.0. The number of benzene rings is 3. The third-order valence-corrected chi connectivity index (χ3v) is 21.8. The van der Waals surface area contributed by atoms with Gasteiger partial charge in [0.25, 0.3) is 5.56 Å². The van der Waals surface area contributed by atoms with Crippen molar-refractivity contribution in [2.75, 3.05) is 89.0 Å². The zero-order valence-corrected chi connectivity index (χ0v) is 79.5. The summed E-state index contributed by atoms with van der Waals surface area (Å²) in [5.41, 5.74) is 21.4. The average Bonchev–Trinajstić information content (AvgIpc) is 1.66. The van der Waals surface area contributed by atoms with Gasteiger partial charge in [-0.3, -0.25) is 35.5 Å². The number of ether oxygens (including phenoxy) is 9. The third-order valence-electron chi connectivity index (χ3n) is 21.4. The number of rotatable bonds is 24. The Hall–Kier alpha value is -12.5. The Labute approximate surface area is 792 Å². The molecule has 0 radical (unpaired) electrons. The van der Waals surface area contributed by atoms with E-state index in [1.54, 1.807) is 123 Å². The van der Waals surface area contributed by atoms with E-state index in [0.29, 0.717) is 111 Å². The van der Waals surface area contributed by atoms with Crippen LogP contribution in [0.15, 0.2) is 175 Å². The normalized spacial score (nSPS) is 14.7. The van der Waals surface area contributed by atoms with Crippen molar-refractivity contribution in [2.24, 2.45) is 17.5 Å². The quantitative estimate of drug-likeness (QED) is 0.00737. The molecule has 0 saturated carbocycles. The van der Waals surface area contributed by atoms with E-state index in [1.165, 1.54) is 12.3 Å².